The van der Waals surface area contributed by atoms with Crippen LogP contribution in [0.2, 0.25) is 0 Å². The Morgan fingerprint density at radius 3 is 2.37 bits per heavy atom. The number of carbonyl (C=O) groups excluding carboxylic acids is 1. The van der Waals surface area contributed by atoms with Crippen LogP contribution in [-0.2, 0) is 14.3 Å². The highest BCUT2D eigenvalue weighted by molar-refractivity contribution is 5.82. The first-order chi connectivity index (χ1) is 8.63. The second-order valence-electron chi connectivity index (χ2n) is 6.26. The average Bonchev–Trinajstić information content (AvgIpc) is 2.75. The molecule has 1 amide bonds. The minimum absolute atomic E-state index is 0.0521. The molecule has 2 atom stereocenters. The van der Waals surface area contributed by atoms with Gasteiger partial charge in [-0.05, 0) is 40.5 Å². The molecule has 0 saturated carbocycles. The van der Waals surface area contributed by atoms with E-state index < -0.39 is 16.9 Å². The maximum absolute atomic E-state index is 12.3. The van der Waals surface area contributed by atoms with Crippen LogP contribution >= 0.6 is 0 Å². The second-order valence-corrected chi connectivity index (χ2v) is 6.26. The van der Waals surface area contributed by atoms with E-state index in [4.69, 9.17) is 4.74 Å². The van der Waals surface area contributed by atoms with Gasteiger partial charge in [0.2, 0.25) is 5.91 Å². The molecule has 5 heteroatoms. The highest BCUT2D eigenvalue weighted by atomic mass is 16.5. The van der Waals surface area contributed by atoms with Gasteiger partial charge in [-0.2, -0.15) is 0 Å². The Kier molecular flexibility index (Phi) is 4.61. The maximum atomic E-state index is 12.3. The van der Waals surface area contributed by atoms with Crippen LogP contribution in [-0.4, -0.2) is 35.2 Å². The van der Waals surface area contributed by atoms with Crippen molar-refractivity contribution in [1.82, 2.24) is 5.32 Å². The lowest BCUT2D eigenvalue weighted by Crippen LogP contribution is -2.58. The topological polar surface area (TPSA) is 75.6 Å². The standard InChI is InChI=1S/C14H25NO4/c1-6-10-9(7-8-19-10)11(16)15-14(4,5)13(2,3)12(17)18/h9-10H,6-8H2,1-5H3,(H,15,16)(H,17,18). The fourth-order valence-corrected chi connectivity index (χ4v) is 2.18. The van der Waals surface area contributed by atoms with Crippen molar-refractivity contribution in [2.75, 3.05) is 6.61 Å². The summed E-state index contributed by atoms with van der Waals surface area (Å²) in [6.07, 6.45) is 1.44. The van der Waals surface area contributed by atoms with Gasteiger partial charge >= 0.3 is 5.97 Å². The molecule has 5 nitrogen and oxygen atoms in total. The Morgan fingerprint density at radius 2 is 1.89 bits per heavy atom. The summed E-state index contributed by atoms with van der Waals surface area (Å²) < 4.78 is 5.51. The van der Waals surface area contributed by atoms with Crippen LogP contribution in [0.4, 0.5) is 0 Å². The molecule has 0 aromatic carbocycles. The van der Waals surface area contributed by atoms with Gasteiger partial charge in [0.25, 0.3) is 0 Å². The summed E-state index contributed by atoms with van der Waals surface area (Å²) in [4.78, 5) is 23.6. The first-order valence-corrected chi connectivity index (χ1v) is 6.80. The Labute approximate surface area is 114 Å². The third kappa shape index (κ3) is 3.08. The van der Waals surface area contributed by atoms with Gasteiger partial charge in [-0.1, -0.05) is 6.92 Å². The smallest absolute Gasteiger partial charge is 0.311 e. The van der Waals surface area contributed by atoms with Gasteiger partial charge in [0.1, 0.15) is 0 Å². The number of amides is 1. The molecule has 110 valence electrons. The fraction of sp³-hybridized carbons (Fsp3) is 0.857. The van der Waals surface area contributed by atoms with Gasteiger partial charge in [0.15, 0.2) is 0 Å². The van der Waals surface area contributed by atoms with Crippen molar-refractivity contribution in [1.29, 1.82) is 0 Å². The molecule has 1 fully saturated rings. The Hall–Kier alpha value is -1.10. The first-order valence-electron chi connectivity index (χ1n) is 6.80. The number of hydrogen-bond donors (Lipinski definition) is 2. The van der Waals surface area contributed by atoms with Crippen molar-refractivity contribution in [2.24, 2.45) is 11.3 Å². The Balaban J connectivity index is 2.78. The SMILES string of the molecule is CCC1OCCC1C(=O)NC(C)(C)C(C)(C)C(=O)O. The zero-order valence-electron chi connectivity index (χ0n) is 12.4. The highest BCUT2D eigenvalue weighted by Gasteiger charge is 2.46. The maximum Gasteiger partial charge on any atom is 0.311 e. The van der Waals surface area contributed by atoms with E-state index in [0.29, 0.717) is 13.0 Å². The van der Waals surface area contributed by atoms with E-state index in [1.165, 1.54) is 0 Å². The summed E-state index contributed by atoms with van der Waals surface area (Å²) in [6, 6.07) is 0. The quantitative estimate of drug-likeness (QED) is 0.799. The Bertz CT molecular complexity index is 362. The van der Waals surface area contributed by atoms with E-state index in [1.54, 1.807) is 27.7 Å². The van der Waals surface area contributed by atoms with Crippen LogP contribution in [0.1, 0.15) is 47.5 Å². The molecule has 0 aliphatic carbocycles. The number of rotatable bonds is 5. The summed E-state index contributed by atoms with van der Waals surface area (Å²) in [7, 11) is 0. The van der Waals surface area contributed by atoms with Gasteiger partial charge in [-0.15, -0.1) is 0 Å². The summed E-state index contributed by atoms with van der Waals surface area (Å²) in [5, 5.41) is 12.2. The van der Waals surface area contributed by atoms with Crippen LogP contribution in [0.25, 0.3) is 0 Å². The predicted octanol–water partition coefficient (Wildman–Crippen LogP) is 1.81. The summed E-state index contributed by atoms with van der Waals surface area (Å²) >= 11 is 0. The minimum atomic E-state index is -1.04. The van der Waals surface area contributed by atoms with E-state index in [1.807, 2.05) is 6.92 Å². The molecular formula is C14H25NO4. The minimum Gasteiger partial charge on any atom is -0.481 e. The lowest BCUT2D eigenvalue weighted by atomic mass is 9.74. The largest absolute Gasteiger partial charge is 0.481 e. The molecule has 2 unspecified atom stereocenters. The average molecular weight is 271 g/mol. The zero-order chi connectivity index (χ0) is 14.8. The zero-order valence-corrected chi connectivity index (χ0v) is 12.4. The van der Waals surface area contributed by atoms with Gasteiger partial charge < -0.3 is 15.2 Å². The number of carbonyl (C=O) groups is 2. The second kappa shape index (κ2) is 5.49. The fourth-order valence-electron chi connectivity index (χ4n) is 2.18. The van der Waals surface area contributed by atoms with Crippen LogP contribution in [0, 0.1) is 11.3 Å². The van der Waals surface area contributed by atoms with Gasteiger partial charge in [0, 0.05) is 12.1 Å². The molecule has 0 spiro atoms. The van der Waals surface area contributed by atoms with Gasteiger partial charge in [-0.25, -0.2) is 0 Å². The number of aliphatic carboxylic acids is 1. The number of carboxylic acid groups (broad SMARTS) is 1. The van der Waals surface area contributed by atoms with E-state index in [0.717, 1.165) is 6.42 Å². The molecule has 0 aromatic rings. The lowest BCUT2D eigenvalue weighted by Gasteiger charge is -2.39. The van der Waals surface area contributed by atoms with Crippen molar-refractivity contribution in [2.45, 2.75) is 59.1 Å². The van der Waals surface area contributed by atoms with Gasteiger partial charge in [-0.3, -0.25) is 9.59 Å². The van der Waals surface area contributed by atoms with E-state index in [-0.39, 0.29) is 17.9 Å². The van der Waals surface area contributed by atoms with Crippen LogP contribution in [0.5, 0.6) is 0 Å². The molecule has 0 bridgehead atoms. The molecule has 1 heterocycles. The van der Waals surface area contributed by atoms with E-state index >= 15 is 0 Å². The predicted molar refractivity (Wildman–Crippen MR) is 71.8 cm³/mol. The third-order valence-electron chi connectivity index (χ3n) is 4.48. The Morgan fingerprint density at radius 1 is 1.32 bits per heavy atom. The third-order valence-corrected chi connectivity index (χ3v) is 4.48. The van der Waals surface area contributed by atoms with Crippen molar-refractivity contribution in [3.05, 3.63) is 0 Å². The van der Waals surface area contributed by atoms with Crippen molar-refractivity contribution >= 4 is 11.9 Å². The summed E-state index contributed by atoms with van der Waals surface area (Å²) in [5.74, 6) is -1.20. The van der Waals surface area contributed by atoms with Crippen molar-refractivity contribution in [3.63, 3.8) is 0 Å². The van der Waals surface area contributed by atoms with Crippen LogP contribution < -0.4 is 5.32 Å². The van der Waals surface area contributed by atoms with Crippen molar-refractivity contribution in [3.8, 4) is 0 Å². The summed E-state index contributed by atoms with van der Waals surface area (Å²) in [6.45, 7) is 9.32. The van der Waals surface area contributed by atoms with E-state index in [9.17, 15) is 14.7 Å². The molecule has 1 aliphatic rings. The molecular weight excluding hydrogens is 246 g/mol. The number of carboxylic acids is 1. The molecule has 0 radical (unpaired) electrons. The normalized spacial score (nSPS) is 24.3. The molecule has 1 aliphatic heterocycles. The first kappa shape index (κ1) is 16.0. The van der Waals surface area contributed by atoms with Crippen molar-refractivity contribution < 1.29 is 19.4 Å². The molecule has 1 saturated heterocycles. The molecule has 1 rings (SSSR count). The molecule has 0 aromatic heterocycles. The van der Waals surface area contributed by atoms with E-state index in [2.05, 4.69) is 5.32 Å². The van der Waals surface area contributed by atoms with Crippen LogP contribution in [0.15, 0.2) is 0 Å². The van der Waals surface area contributed by atoms with Gasteiger partial charge in [0.05, 0.1) is 17.4 Å². The summed E-state index contributed by atoms with van der Waals surface area (Å²) in [5.41, 5.74) is -1.86. The number of ether oxygens (including phenoxy) is 1. The highest BCUT2D eigenvalue weighted by Crippen LogP contribution is 2.32. The van der Waals surface area contributed by atoms with Crippen LogP contribution in [0.3, 0.4) is 0 Å². The molecule has 2 N–H and O–H groups in total. The molecule has 19 heavy (non-hydrogen) atoms. The lowest BCUT2D eigenvalue weighted by molar-refractivity contribution is -0.152. The number of hydrogen-bond acceptors (Lipinski definition) is 3. The monoisotopic (exact) mass is 271 g/mol. The number of nitrogens with one attached hydrogen (secondary N) is 1.